The lowest BCUT2D eigenvalue weighted by molar-refractivity contribution is 0.283. The average Bonchev–Trinajstić information content (AvgIpc) is 3.47. The first-order chi connectivity index (χ1) is 13.1. The van der Waals surface area contributed by atoms with Crippen molar-refractivity contribution < 1.29 is 9.47 Å². The second-order valence-electron chi connectivity index (χ2n) is 6.42. The van der Waals surface area contributed by atoms with Gasteiger partial charge in [0.15, 0.2) is 11.5 Å². The summed E-state index contributed by atoms with van der Waals surface area (Å²) in [6, 6.07) is 5.11. The molecule has 27 heavy (non-hydrogen) atoms. The van der Waals surface area contributed by atoms with Crippen molar-refractivity contribution in [3.8, 4) is 11.5 Å². The number of methoxy groups -OCH3 is 1. The van der Waals surface area contributed by atoms with Crippen LogP contribution in [0.1, 0.15) is 12.8 Å². The number of halogens is 2. The van der Waals surface area contributed by atoms with Crippen LogP contribution < -0.4 is 20.3 Å². The molecule has 140 valence electrons. The molecule has 1 aliphatic rings. The first-order valence-electron chi connectivity index (χ1n) is 8.49. The van der Waals surface area contributed by atoms with Gasteiger partial charge in [0.05, 0.1) is 40.7 Å². The molecular weight excluding hydrogens is 389 g/mol. The zero-order chi connectivity index (χ0) is 19.0. The maximum atomic E-state index is 12.3. The third-order valence-electron chi connectivity index (χ3n) is 4.43. The fourth-order valence-corrected chi connectivity index (χ4v) is 3.30. The molecule has 0 bridgehead atoms. The summed E-state index contributed by atoms with van der Waals surface area (Å²) in [5.41, 5.74) is 1.32. The van der Waals surface area contributed by atoms with E-state index in [9.17, 15) is 4.79 Å². The number of anilines is 2. The molecule has 1 saturated carbocycles. The molecule has 1 aromatic carbocycles. The predicted molar refractivity (Wildman–Crippen MR) is 107 cm³/mol. The number of nitrogens with zero attached hydrogens (tertiary/aromatic N) is 1. The predicted octanol–water partition coefficient (Wildman–Crippen LogP) is 4.77. The van der Waals surface area contributed by atoms with E-state index in [2.05, 4.69) is 15.3 Å². The number of aromatic amines is 1. The standard InChI is InChI=1S/C19H17Cl2N3O3/c1-26-15-5-4-11-14(23-18-12(20)7-22-8-13(18)21)6-16(25)24-17(11)19(15)27-9-10-2-3-10/h4-8,10H,2-3,9H2,1H3,(H2,22,23,24,25). The lowest BCUT2D eigenvalue weighted by atomic mass is 10.1. The summed E-state index contributed by atoms with van der Waals surface area (Å²) in [6.45, 7) is 0.594. The third kappa shape index (κ3) is 3.68. The number of benzene rings is 1. The van der Waals surface area contributed by atoms with Gasteiger partial charge in [-0.3, -0.25) is 9.78 Å². The minimum Gasteiger partial charge on any atom is -0.493 e. The second-order valence-corrected chi connectivity index (χ2v) is 7.24. The van der Waals surface area contributed by atoms with Crippen LogP contribution in [0.4, 0.5) is 11.4 Å². The van der Waals surface area contributed by atoms with Gasteiger partial charge >= 0.3 is 0 Å². The van der Waals surface area contributed by atoms with Gasteiger partial charge < -0.3 is 19.8 Å². The van der Waals surface area contributed by atoms with Crippen molar-refractivity contribution in [1.82, 2.24) is 9.97 Å². The van der Waals surface area contributed by atoms with Gasteiger partial charge in [-0.2, -0.15) is 0 Å². The molecule has 4 rings (SSSR count). The van der Waals surface area contributed by atoms with Crippen LogP contribution in [-0.4, -0.2) is 23.7 Å². The van der Waals surface area contributed by atoms with E-state index >= 15 is 0 Å². The number of aromatic nitrogens is 2. The van der Waals surface area contributed by atoms with E-state index < -0.39 is 0 Å². The molecule has 1 fully saturated rings. The Morgan fingerprint density at radius 1 is 1.26 bits per heavy atom. The molecule has 2 N–H and O–H groups in total. The molecule has 2 heterocycles. The van der Waals surface area contributed by atoms with Crippen LogP contribution in [0.25, 0.3) is 10.9 Å². The summed E-state index contributed by atoms with van der Waals surface area (Å²) < 4.78 is 11.4. The highest BCUT2D eigenvalue weighted by atomic mass is 35.5. The minimum atomic E-state index is -0.282. The fraction of sp³-hybridized carbons (Fsp3) is 0.263. The average molecular weight is 406 g/mol. The Hall–Kier alpha value is -2.44. The Morgan fingerprint density at radius 3 is 2.67 bits per heavy atom. The van der Waals surface area contributed by atoms with Gasteiger partial charge in [-0.05, 0) is 30.9 Å². The number of hydrogen-bond donors (Lipinski definition) is 2. The molecule has 3 aromatic rings. The Morgan fingerprint density at radius 2 is 2.00 bits per heavy atom. The highest BCUT2D eigenvalue weighted by Crippen LogP contribution is 2.40. The molecule has 0 unspecified atom stereocenters. The van der Waals surface area contributed by atoms with Gasteiger partial charge in [-0.25, -0.2) is 0 Å². The molecule has 0 saturated heterocycles. The first-order valence-corrected chi connectivity index (χ1v) is 9.25. The molecule has 2 aromatic heterocycles. The monoisotopic (exact) mass is 405 g/mol. The van der Waals surface area contributed by atoms with Crippen molar-refractivity contribution >= 4 is 45.5 Å². The van der Waals surface area contributed by atoms with Gasteiger partial charge in [-0.1, -0.05) is 23.2 Å². The Labute approximate surface area is 165 Å². The molecule has 0 aliphatic heterocycles. The smallest absolute Gasteiger partial charge is 0.250 e. The number of fused-ring (bicyclic) bond motifs is 1. The summed E-state index contributed by atoms with van der Waals surface area (Å²) in [5.74, 6) is 1.65. The lowest BCUT2D eigenvalue weighted by Gasteiger charge is -2.16. The minimum absolute atomic E-state index is 0.282. The molecule has 1 aliphatic carbocycles. The second kappa shape index (κ2) is 7.29. The largest absolute Gasteiger partial charge is 0.493 e. The number of ether oxygens (including phenoxy) is 2. The van der Waals surface area contributed by atoms with Crippen LogP contribution in [0.2, 0.25) is 10.0 Å². The lowest BCUT2D eigenvalue weighted by Crippen LogP contribution is -2.09. The number of H-pyrrole nitrogens is 1. The van der Waals surface area contributed by atoms with Crippen molar-refractivity contribution in [2.45, 2.75) is 12.8 Å². The van der Waals surface area contributed by atoms with E-state index in [1.807, 2.05) is 12.1 Å². The van der Waals surface area contributed by atoms with Crippen LogP contribution in [0.3, 0.4) is 0 Å². The Balaban J connectivity index is 1.83. The zero-order valence-electron chi connectivity index (χ0n) is 14.5. The van der Waals surface area contributed by atoms with Crippen molar-refractivity contribution in [1.29, 1.82) is 0 Å². The van der Waals surface area contributed by atoms with E-state index in [0.29, 0.717) is 51.0 Å². The molecule has 0 atom stereocenters. The maximum Gasteiger partial charge on any atom is 0.250 e. The normalized spacial score (nSPS) is 13.6. The van der Waals surface area contributed by atoms with Gasteiger partial charge in [0, 0.05) is 23.8 Å². The van der Waals surface area contributed by atoms with E-state index in [4.69, 9.17) is 32.7 Å². The van der Waals surface area contributed by atoms with Crippen LogP contribution in [0.15, 0.2) is 35.4 Å². The van der Waals surface area contributed by atoms with Crippen LogP contribution in [-0.2, 0) is 0 Å². The molecule has 0 radical (unpaired) electrons. The summed E-state index contributed by atoms with van der Waals surface area (Å²) in [7, 11) is 1.57. The quantitative estimate of drug-likeness (QED) is 0.617. The molecule has 6 nitrogen and oxygen atoms in total. The van der Waals surface area contributed by atoms with E-state index in [0.717, 1.165) is 18.2 Å². The molecule has 0 amide bonds. The van der Waals surface area contributed by atoms with E-state index in [1.54, 1.807) is 7.11 Å². The fourth-order valence-electron chi connectivity index (χ4n) is 2.84. The number of pyridine rings is 2. The van der Waals surface area contributed by atoms with Crippen LogP contribution in [0.5, 0.6) is 11.5 Å². The van der Waals surface area contributed by atoms with Crippen molar-refractivity contribution in [2.75, 3.05) is 19.0 Å². The zero-order valence-corrected chi connectivity index (χ0v) is 16.0. The molecular formula is C19H17Cl2N3O3. The SMILES string of the molecule is COc1ccc2c(Nc3c(Cl)cncc3Cl)cc(=O)[nH]c2c1OCC1CC1. The first kappa shape index (κ1) is 17.9. The summed E-state index contributed by atoms with van der Waals surface area (Å²) in [6.07, 6.45) is 5.29. The third-order valence-corrected chi connectivity index (χ3v) is 5.00. The van der Waals surface area contributed by atoms with Gasteiger partial charge in [-0.15, -0.1) is 0 Å². The number of nitrogens with one attached hydrogen (secondary N) is 2. The topological polar surface area (TPSA) is 76.2 Å². The van der Waals surface area contributed by atoms with Gasteiger partial charge in [0.2, 0.25) is 0 Å². The van der Waals surface area contributed by atoms with Gasteiger partial charge in [0.25, 0.3) is 5.56 Å². The van der Waals surface area contributed by atoms with Crippen molar-refractivity contribution in [2.24, 2.45) is 5.92 Å². The summed E-state index contributed by atoms with van der Waals surface area (Å²) in [5, 5.41) is 4.61. The molecule has 0 spiro atoms. The summed E-state index contributed by atoms with van der Waals surface area (Å²) in [4.78, 5) is 19.1. The number of hydrogen-bond acceptors (Lipinski definition) is 5. The van der Waals surface area contributed by atoms with Gasteiger partial charge in [0.1, 0.15) is 0 Å². The highest BCUT2D eigenvalue weighted by molar-refractivity contribution is 6.39. The van der Waals surface area contributed by atoms with E-state index in [1.165, 1.54) is 18.5 Å². The van der Waals surface area contributed by atoms with Crippen molar-refractivity contribution in [3.05, 3.63) is 51.0 Å². The molecule has 8 heteroatoms. The Bertz CT molecular complexity index is 1040. The highest BCUT2D eigenvalue weighted by Gasteiger charge is 2.24. The number of rotatable bonds is 6. The van der Waals surface area contributed by atoms with Crippen molar-refractivity contribution in [3.63, 3.8) is 0 Å². The van der Waals surface area contributed by atoms with Crippen LogP contribution >= 0.6 is 23.2 Å². The van der Waals surface area contributed by atoms with Crippen LogP contribution in [0, 0.1) is 5.92 Å². The maximum absolute atomic E-state index is 12.3. The Kier molecular flexibility index (Phi) is 4.85. The van der Waals surface area contributed by atoms with E-state index in [-0.39, 0.29) is 5.56 Å². The summed E-state index contributed by atoms with van der Waals surface area (Å²) >= 11 is 12.4.